The van der Waals surface area contributed by atoms with Gasteiger partial charge >= 0.3 is 5.97 Å². The van der Waals surface area contributed by atoms with Crippen LogP contribution in [0.2, 0.25) is 0 Å². The molecule has 5 heteroatoms. The summed E-state index contributed by atoms with van der Waals surface area (Å²) in [7, 11) is 0. The highest BCUT2D eigenvalue weighted by molar-refractivity contribution is 5.85. The van der Waals surface area contributed by atoms with Gasteiger partial charge in [-0.15, -0.1) is 0 Å². The fourth-order valence-corrected chi connectivity index (χ4v) is 2.60. The molecule has 0 aromatic heterocycles. The van der Waals surface area contributed by atoms with E-state index in [1.54, 1.807) is 18.2 Å². The molecule has 0 bridgehead atoms. The summed E-state index contributed by atoms with van der Waals surface area (Å²) in [4.78, 5) is 23.7. The molecular formula is C21H18FNO3. The summed E-state index contributed by atoms with van der Waals surface area (Å²) in [5, 5.41) is 4.66. The Morgan fingerprint density at radius 1 is 0.923 bits per heavy atom. The molecule has 3 aromatic rings. The molecule has 0 unspecified atom stereocenters. The molecule has 26 heavy (non-hydrogen) atoms. The van der Waals surface area contributed by atoms with Crippen molar-refractivity contribution in [2.45, 2.75) is 13.0 Å². The molecule has 0 spiro atoms. The Balaban J connectivity index is 1.47. The van der Waals surface area contributed by atoms with Crippen molar-refractivity contribution in [3.05, 3.63) is 83.7 Å². The Kier molecular flexibility index (Phi) is 5.59. The second-order valence-electron chi connectivity index (χ2n) is 5.89. The molecule has 4 nitrogen and oxygen atoms in total. The van der Waals surface area contributed by atoms with Gasteiger partial charge in [0.15, 0.2) is 6.61 Å². The van der Waals surface area contributed by atoms with E-state index in [0.29, 0.717) is 5.56 Å². The number of carbonyl (C=O) groups is 2. The van der Waals surface area contributed by atoms with E-state index < -0.39 is 11.9 Å². The van der Waals surface area contributed by atoms with Crippen molar-refractivity contribution < 1.29 is 18.7 Å². The first kappa shape index (κ1) is 17.6. The number of halogens is 1. The third kappa shape index (κ3) is 4.66. The van der Waals surface area contributed by atoms with Crippen molar-refractivity contribution in [2.24, 2.45) is 0 Å². The number of carbonyl (C=O) groups excluding carboxylic acids is 2. The van der Waals surface area contributed by atoms with E-state index in [2.05, 4.69) is 5.32 Å². The van der Waals surface area contributed by atoms with Crippen molar-refractivity contribution in [1.82, 2.24) is 5.32 Å². The highest BCUT2D eigenvalue weighted by Crippen LogP contribution is 2.16. The third-order valence-electron chi connectivity index (χ3n) is 3.96. The van der Waals surface area contributed by atoms with Gasteiger partial charge in [-0.05, 0) is 22.4 Å². The van der Waals surface area contributed by atoms with Crippen molar-refractivity contribution in [3.8, 4) is 0 Å². The number of ether oxygens (including phenoxy) is 1. The topological polar surface area (TPSA) is 55.4 Å². The van der Waals surface area contributed by atoms with Crippen LogP contribution in [0.4, 0.5) is 4.39 Å². The zero-order chi connectivity index (χ0) is 18.4. The van der Waals surface area contributed by atoms with Gasteiger partial charge in [0.2, 0.25) is 0 Å². The predicted molar refractivity (Wildman–Crippen MR) is 96.9 cm³/mol. The summed E-state index contributed by atoms with van der Waals surface area (Å²) in [6, 6.07) is 19.8. The van der Waals surface area contributed by atoms with Crippen LogP contribution in [0.5, 0.6) is 0 Å². The van der Waals surface area contributed by atoms with Crippen LogP contribution >= 0.6 is 0 Å². The Labute approximate surface area is 150 Å². The van der Waals surface area contributed by atoms with Crippen LogP contribution in [0, 0.1) is 5.82 Å². The van der Waals surface area contributed by atoms with Crippen LogP contribution in [0.25, 0.3) is 10.8 Å². The molecule has 132 valence electrons. The first-order chi connectivity index (χ1) is 12.6. The van der Waals surface area contributed by atoms with Gasteiger partial charge in [-0.2, -0.15) is 0 Å². The van der Waals surface area contributed by atoms with Gasteiger partial charge in [0.1, 0.15) is 5.82 Å². The second kappa shape index (κ2) is 8.25. The van der Waals surface area contributed by atoms with E-state index in [1.165, 1.54) is 6.07 Å². The number of nitrogens with one attached hydrogen (secondary N) is 1. The Bertz CT molecular complexity index is 939. The van der Waals surface area contributed by atoms with E-state index >= 15 is 0 Å². The summed E-state index contributed by atoms with van der Waals surface area (Å²) in [5.74, 6) is -1.34. The average Bonchev–Trinajstić information content (AvgIpc) is 2.65. The number of hydrogen-bond donors (Lipinski definition) is 1. The Morgan fingerprint density at radius 3 is 2.46 bits per heavy atom. The van der Waals surface area contributed by atoms with Crippen molar-refractivity contribution in [1.29, 1.82) is 0 Å². The van der Waals surface area contributed by atoms with Crippen molar-refractivity contribution >= 4 is 22.6 Å². The summed E-state index contributed by atoms with van der Waals surface area (Å²) in [6.07, 6.45) is 0.0887. The van der Waals surface area contributed by atoms with Gasteiger partial charge in [0.25, 0.3) is 5.91 Å². The van der Waals surface area contributed by atoms with Crippen LogP contribution in [0.3, 0.4) is 0 Å². The maximum atomic E-state index is 13.5. The normalized spacial score (nSPS) is 10.5. The largest absolute Gasteiger partial charge is 0.455 e. The molecule has 0 atom stereocenters. The molecule has 0 aliphatic rings. The zero-order valence-corrected chi connectivity index (χ0v) is 14.1. The average molecular weight is 351 g/mol. The lowest BCUT2D eigenvalue weighted by Crippen LogP contribution is -2.29. The fraction of sp³-hybridized carbons (Fsp3) is 0.143. The molecule has 0 saturated carbocycles. The summed E-state index contributed by atoms with van der Waals surface area (Å²) < 4.78 is 18.5. The molecule has 3 rings (SSSR count). The zero-order valence-electron chi connectivity index (χ0n) is 14.1. The summed E-state index contributed by atoms with van der Waals surface area (Å²) in [5.41, 5.74) is 1.20. The predicted octanol–water partition coefficient (Wildman–Crippen LogP) is 3.38. The molecule has 0 heterocycles. The summed E-state index contributed by atoms with van der Waals surface area (Å²) in [6.45, 7) is -0.339. The second-order valence-corrected chi connectivity index (χ2v) is 5.89. The monoisotopic (exact) mass is 351 g/mol. The van der Waals surface area contributed by atoms with E-state index in [9.17, 15) is 14.0 Å². The standard InChI is InChI=1S/C21H18FNO3/c22-19-8-4-3-7-18(19)13-23-20(24)14-26-21(25)12-15-9-10-16-5-1-2-6-17(16)11-15/h1-11H,12-14H2,(H,23,24). The van der Waals surface area contributed by atoms with Gasteiger partial charge < -0.3 is 10.1 Å². The smallest absolute Gasteiger partial charge is 0.310 e. The first-order valence-corrected chi connectivity index (χ1v) is 8.25. The fourth-order valence-electron chi connectivity index (χ4n) is 2.60. The number of fused-ring (bicyclic) bond motifs is 1. The van der Waals surface area contributed by atoms with Crippen molar-refractivity contribution in [2.75, 3.05) is 6.61 Å². The molecule has 0 aliphatic carbocycles. The van der Waals surface area contributed by atoms with Gasteiger partial charge in [-0.3, -0.25) is 9.59 Å². The first-order valence-electron chi connectivity index (χ1n) is 8.25. The maximum Gasteiger partial charge on any atom is 0.310 e. The van der Waals surface area contributed by atoms with Gasteiger partial charge in [0, 0.05) is 12.1 Å². The minimum absolute atomic E-state index is 0.0493. The van der Waals surface area contributed by atoms with E-state index in [0.717, 1.165) is 16.3 Å². The summed E-state index contributed by atoms with van der Waals surface area (Å²) >= 11 is 0. The molecule has 0 saturated heterocycles. The molecule has 3 aromatic carbocycles. The van der Waals surface area contributed by atoms with Gasteiger partial charge in [-0.1, -0.05) is 60.7 Å². The van der Waals surface area contributed by atoms with Crippen LogP contribution < -0.4 is 5.32 Å². The van der Waals surface area contributed by atoms with Gasteiger partial charge in [0.05, 0.1) is 6.42 Å². The Hall–Kier alpha value is -3.21. The number of amides is 1. The highest BCUT2D eigenvalue weighted by atomic mass is 19.1. The highest BCUT2D eigenvalue weighted by Gasteiger charge is 2.10. The lowest BCUT2D eigenvalue weighted by molar-refractivity contribution is -0.147. The van der Waals surface area contributed by atoms with Gasteiger partial charge in [-0.25, -0.2) is 4.39 Å². The minimum Gasteiger partial charge on any atom is -0.455 e. The molecule has 0 fully saturated rings. The quantitative estimate of drug-likeness (QED) is 0.693. The van der Waals surface area contributed by atoms with Crippen LogP contribution in [0.15, 0.2) is 66.7 Å². The lowest BCUT2D eigenvalue weighted by atomic mass is 10.1. The lowest BCUT2D eigenvalue weighted by Gasteiger charge is -2.08. The third-order valence-corrected chi connectivity index (χ3v) is 3.96. The van der Waals surface area contributed by atoms with E-state index in [1.807, 2.05) is 42.5 Å². The maximum absolute atomic E-state index is 13.5. The molecule has 0 radical (unpaired) electrons. The minimum atomic E-state index is -0.485. The Morgan fingerprint density at radius 2 is 1.65 bits per heavy atom. The van der Waals surface area contributed by atoms with Crippen LogP contribution in [0.1, 0.15) is 11.1 Å². The van der Waals surface area contributed by atoms with E-state index in [4.69, 9.17) is 4.74 Å². The van der Waals surface area contributed by atoms with E-state index in [-0.39, 0.29) is 25.4 Å². The SMILES string of the molecule is O=C(COC(=O)Cc1ccc2ccccc2c1)NCc1ccccc1F. The molecular weight excluding hydrogens is 333 g/mol. The molecule has 1 amide bonds. The van der Waals surface area contributed by atoms with Crippen molar-refractivity contribution in [3.63, 3.8) is 0 Å². The number of hydrogen-bond acceptors (Lipinski definition) is 3. The van der Waals surface area contributed by atoms with Crippen LogP contribution in [-0.2, 0) is 27.3 Å². The number of benzene rings is 3. The molecule has 1 N–H and O–H groups in total. The number of esters is 1. The van der Waals surface area contributed by atoms with Crippen LogP contribution in [-0.4, -0.2) is 18.5 Å². The molecule has 0 aliphatic heterocycles. The number of rotatable bonds is 6.